The zero-order valence-corrected chi connectivity index (χ0v) is 21.4. The smallest absolute Gasteiger partial charge is 0.295 e. The Morgan fingerprint density at radius 2 is 1.81 bits per heavy atom. The van der Waals surface area contributed by atoms with Crippen molar-refractivity contribution >= 4 is 0 Å². The third kappa shape index (κ3) is 4.76. The lowest BCUT2D eigenvalue weighted by Gasteiger charge is -2.35. The van der Waals surface area contributed by atoms with Crippen LogP contribution in [0, 0.1) is 11.8 Å². The molecule has 188 valence electrons. The van der Waals surface area contributed by atoms with E-state index in [1.165, 1.54) is 19.3 Å². The van der Waals surface area contributed by atoms with Crippen LogP contribution >= 0.6 is 0 Å². The van der Waals surface area contributed by atoms with E-state index in [-0.39, 0.29) is 11.7 Å². The predicted molar refractivity (Wildman–Crippen MR) is 140 cm³/mol. The van der Waals surface area contributed by atoms with Crippen molar-refractivity contribution in [1.29, 1.82) is 0 Å². The summed E-state index contributed by atoms with van der Waals surface area (Å²) in [5.74, 6) is 1.65. The van der Waals surface area contributed by atoms with Crippen LogP contribution in [0.25, 0.3) is 22.5 Å². The molecule has 0 spiro atoms. The summed E-state index contributed by atoms with van der Waals surface area (Å²) in [7, 11) is 0. The van der Waals surface area contributed by atoms with Gasteiger partial charge in [0.2, 0.25) is 0 Å². The fourth-order valence-electron chi connectivity index (χ4n) is 5.79. The van der Waals surface area contributed by atoms with Gasteiger partial charge in [0, 0.05) is 35.9 Å². The number of aromatic nitrogens is 7. The maximum atomic E-state index is 13.9. The van der Waals surface area contributed by atoms with Gasteiger partial charge in [-0.25, -0.2) is 9.89 Å². The third-order valence-corrected chi connectivity index (χ3v) is 7.73. The third-order valence-electron chi connectivity index (χ3n) is 7.73. The molecule has 2 atom stereocenters. The summed E-state index contributed by atoms with van der Waals surface area (Å²) < 4.78 is 4.04. The normalized spacial score (nSPS) is 20.0. The van der Waals surface area contributed by atoms with Gasteiger partial charge >= 0.3 is 5.69 Å². The average molecular weight is 486 g/mol. The molecule has 8 nitrogen and oxygen atoms in total. The minimum atomic E-state index is 0.106. The van der Waals surface area contributed by atoms with Crippen molar-refractivity contribution in [2.45, 2.75) is 71.9 Å². The van der Waals surface area contributed by atoms with Gasteiger partial charge in [0.05, 0.1) is 6.54 Å². The fraction of sp³-hybridized carbons (Fsp3) is 0.464. The highest BCUT2D eigenvalue weighted by molar-refractivity contribution is 5.69. The maximum absolute atomic E-state index is 13.9. The second kappa shape index (κ2) is 10.6. The van der Waals surface area contributed by atoms with E-state index in [9.17, 15) is 4.79 Å². The van der Waals surface area contributed by atoms with E-state index >= 15 is 0 Å². The second-order valence-corrected chi connectivity index (χ2v) is 10.2. The Labute approximate surface area is 211 Å². The summed E-state index contributed by atoms with van der Waals surface area (Å²) in [6.07, 6.45) is 12.5. The molecule has 8 heteroatoms. The maximum Gasteiger partial charge on any atom is 0.328 e. The highest BCUT2D eigenvalue weighted by Crippen LogP contribution is 2.37. The molecule has 1 saturated carbocycles. The number of hydrogen-bond donors (Lipinski definition) is 1. The van der Waals surface area contributed by atoms with Crippen molar-refractivity contribution in [3.05, 3.63) is 70.7 Å². The molecule has 3 heterocycles. The van der Waals surface area contributed by atoms with Crippen molar-refractivity contribution in [3.63, 3.8) is 0 Å². The molecule has 1 aromatic carbocycles. The summed E-state index contributed by atoms with van der Waals surface area (Å²) in [6, 6.07) is 10.4. The van der Waals surface area contributed by atoms with Gasteiger partial charge in [-0.2, -0.15) is 0 Å². The van der Waals surface area contributed by atoms with Crippen LogP contribution in [0.2, 0.25) is 0 Å². The van der Waals surface area contributed by atoms with Crippen molar-refractivity contribution < 1.29 is 0 Å². The van der Waals surface area contributed by atoms with Gasteiger partial charge in [-0.15, -0.1) is 5.10 Å². The quantitative estimate of drug-likeness (QED) is 0.366. The van der Waals surface area contributed by atoms with E-state index in [2.05, 4.69) is 69.3 Å². The standard InChI is InChI=1S/C28H35N7O/c1-4-5-9-24-18-35(26-19(2)7-6-8-20(26)3)28(36)34(24)17-23-16-29-15-14-25(23)21-10-12-22(13-11-21)27-30-32-33-31-27/h10-16,18-20,26H,4-9,17H2,1-3H3,(H,30,31,32,33). The van der Waals surface area contributed by atoms with Gasteiger partial charge in [0.1, 0.15) is 0 Å². The number of nitrogens with zero attached hydrogens (tertiary/aromatic N) is 6. The van der Waals surface area contributed by atoms with E-state index in [1.54, 1.807) is 0 Å². The van der Waals surface area contributed by atoms with Crippen LogP contribution < -0.4 is 5.69 Å². The summed E-state index contributed by atoms with van der Waals surface area (Å²) in [5, 5.41) is 14.1. The first-order valence-electron chi connectivity index (χ1n) is 13.1. The van der Waals surface area contributed by atoms with Crippen LogP contribution in [0.3, 0.4) is 0 Å². The zero-order chi connectivity index (χ0) is 25.1. The molecule has 0 amide bonds. The number of benzene rings is 1. The summed E-state index contributed by atoms with van der Waals surface area (Å²) in [6.45, 7) is 7.31. The van der Waals surface area contributed by atoms with Crippen LogP contribution in [-0.2, 0) is 13.0 Å². The van der Waals surface area contributed by atoms with E-state index < -0.39 is 0 Å². The SMILES string of the molecule is CCCCc1cn(C2C(C)CCCC2C)c(=O)n1Cc1cnccc1-c1ccc(-c2nnn[nH]2)cc1. The summed E-state index contributed by atoms with van der Waals surface area (Å²) in [5.41, 5.74) is 5.33. The number of imidazole rings is 1. The van der Waals surface area contributed by atoms with Crippen LogP contribution in [0.15, 0.2) is 53.7 Å². The van der Waals surface area contributed by atoms with Crippen LogP contribution in [-0.4, -0.2) is 34.7 Å². The molecular formula is C28H35N7O. The van der Waals surface area contributed by atoms with E-state index in [1.807, 2.05) is 35.2 Å². The summed E-state index contributed by atoms with van der Waals surface area (Å²) in [4.78, 5) is 18.3. The lowest BCUT2D eigenvalue weighted by atomic mass is 9.78. The summed E-state index contributed by atoms with van der Waals surface area (Å²) >= 11 is 0. The number of tetrazole rings is 1. The molecule has 0 radical (unpaired) electrons. The van der Waals surface area contributed by atoms with Gasteiger partial charge in [0.25, 0.3) is 0 Å². The Kier molecular flexibility index (Phi) is 7.11. The first-order chi connectivity index (χ1) is 17.6. The molecule has 36 heavy (non-hydrogen) atoms. The lowest BCUT2D eigenvalue weighted by molar-refractivity contribution is 0.179. The van der Waals surface area contributed by atoms with Crippen LogP contribution in [0.5, 0.6) is 0 Å². The highest BCUT2D eigenvalue weighted by Gasteiger charge is 2.31. The van der Waals surface area contributed by atoms with Gasteiger partial charge in [0.15, 0.2) is 5.82 Å². The Hall–Kier alpha value is -3.55. The molecule has 0 saturated heterocycles. The molecule has 1 aliphatic carbocycles. The molecule has 2 unspecified atom stereocenters. The lowest BCUT2D eigenvalue weighted by Crippen LogP contribution is -2.35. The van der Waals surface area contributed by atoms with Gasteiger partial charge in [-0.05, 0) is 70.7 Å². The Morgan fingerprint density at radius 1 is 1.06 bits per heavy atom. The second-order valence-electron chi connectivity index (χ2n) is 10.2. The van der Waals surface area contributed by atoms with Crippen molar-refractivity contribution in [2.24, 2.45) is 11.8 Å². The number of H-pyrrole nitrogens is 1. The molecule has 5 rings (SSSR count). The highest BCUT2D eigenvalue weighted by atomic mass is 16.1. The van der Waals surface area contributed by atoms with Gasteiger partial charge in [-0.3, -0.25) is 14.1 Å². The minimum Gasteiger partial charge on any atom is -0.295 e. The average Bonchev–Trinajstić information content (AvgIpc) is 3.53. The molecule has 1 aliphatic rings. The Morgan fingerprint density at radius 3 is 2.50 bits per heavy atom. The van der Waals surface area contributed by atoms with Gasteiger partial charge < -0.3 is 0 Å². The zero-order valence-electron chi connectivity index (χ0n) is 21.4. The van der Waals surface area contributed by atoms with Gasteiger partial charge in [-0.1, -0.05) is 57.9 Å². The van der Waals surface area contributed by atoms with Crippen LogP contribution in [0.1, 0.15) is 70.2 Å². The van der Waals surface area contributed by atoms with Crippen molar-refractivity contribution in [2.75, 3.05) is 0 Å². The first kappa shape index (κ1) is 24.2. The first-order valence-corrected chi connectivity index (χ1v) is 13.1. The fourth-order valence-corrected chi connectivity index (χ4v) is 5.79. The van der Waals surface area contributed by atoms with Crippen LogP contribution in [0.4, 0.5) is 0 Å². The molecule has 4 aromatic rings. The number of aryl methyl sites for hydroxylation is 1. The number of nitrogens with one attached hydrogen (secondary N) is 1. The molecule has 1 fully saturated rings. The number of pyridine rings is 1. The Balaban J connectivity index is 1.50. The molecule has 0 bridgehead atoms. The van der Waals surface area contributed by atoms with Crippen molar-refractivity contribution in [1.82, 2.24) is 34.7 Å². The number of aromatic amines is 1. The molecule has 0 aliphatic heterocycles. The molecular weight excluding hydrogens is 450 g/mol. The monoisotopic (exact) mass is 485 g/mol. The molecule has 1 N–H and O–H groups in total. The number of unbranched alkanes of at least 4 members (excludes halogenated alkanes) is 1. The number of hydrogen-bond acceptors (Lipinski definition) is 5. The predicted octanol–water partition coefficient (Wildman–Crippen LogP) is 5.28. The topological polar surface area (TPSA) is 94.3 Å². The molecule has 3 aromatic heterocycles. The van der Waals surface area contributed by atoms with E-state index in [0.29, 0.717) is 24.2 Å². The largest absolute Gasteiger partial charge is 0.328 e. The van der Waals surface area contributed by atoms with E-state index in [4.69, 9.17) is 0 Å². The van der Waals surface area contributed by atoms with Crippen molar-refractivity contribution in [3.8, 4) is 22.5 Å². The number of rotatable bonds is 8. The Bertz CT molecular complexity index is 1330. The van der Waals surface area contributed by atoms with E-state index in [0.717, 1.165) is 47.2 Å². The minimum absolute atomic E-state index is 0.106.